The van der Waals surface area contributed by atoms with Gasteiger partial charge in [0.1, 0.15) is 0 Å². The van der Waals surface area contributed by atoms with Crippen molar-refractivity contribution in [1.29, 1.82) is 0 Å². The Kier molecular flexibility index (Phi) is 4.37. The molecule has 0 radical (unpaired) electrons. The highest BCUT2D eigenvalue weighted by molar-refractivity contribution is 6.33. The van der Waals surface area contributed by atoms with Gasteiger partial charge < -0.3 is 5.32 Å². The van der Waals surface area contributed by atoms with Gasteiger partial charge in [-0.2, -0.15) is 4.98 Å². The first-order valence-electron chi connectivity index (χ1n) is 8.14. The van der Waals surface area contributed by atoms with Crippen LogP contribution in [0.2, 0.25) is 5.02 Å². The van der Waals surface area contributed by atoms with Gasteiger partial charge in [-0.15, -0.1) is 0 Å². The van der Waals surface area contributed by atoms with E-state index in [1.54, 1.807) is 18.3 Å². The Morgan fingerprint density at radius 1 is 0.962 bits per heavy atom. The van der Waals surface area contributed by atoms with Crippen LogP contribution in [-0.2, 0) is 6.54 Å². The molecule has 0 amide bonds. The second kappa shape index (κ2) is 6.98. The van der Waals surface area contributed by atoms with Gasteiger partial charge in [-0.1, -0.05) is 60.1 Å². The minimum Gasteiger partial charge on any atom is -0.352 e. The van der Waals surface area contributed by atoms with E-state index in [0.717, 1.165) is 11.1 Å². The molecule has 0 bridgehead atoms. The first-order valence-corrected chi connectivity index (χ1v) is 8.52. The van der Waals surface area contributed by atoms with Crippen molar-refractivity contribution in [1.82, 2.24) is 15.0 Å². The minimum absolute atomic E-state index is 0.256. The highest BCUT2D eigenvalue weighted by atomic mass is 35.5. The van der Waals surface area contributed by atoms with Gasteiger partial charge in [-0.3, -0.25) is 9.78 Å². The Morgan fingerprint density at radius 2 is 1.73 bits per heavy atom. The molecule has 4 aromatic rings. The number of aromatic amines is 1. The maximum atomic E-state index is 12.7. The number of benzene rings is 2. The summed E-state index contributed by atoms with van der Waals surface area (Å²) in [5.74, 6) is 0.384. The van der Waals surface area contributed by atoms with Crippen molar-refractivity contribution in [2.75, 3.05) is 5.32 Å². The topological polar surface area (TPSA) is 70.7 Å². The summed E-state index contributed by atoms with van der Waals surface area (Å²) in [4.78, 5) is 24.2. The first kappa shape index (κ1) is 16.3. The molecule has 0 spiro atoms. The van der Waals surface area contributed by atoms with Crippen molar-refractivity contribution in [3.05, 3.63) is 87.8 Å². The molecule has 4 rings (SSSR count). The standard InChI is InChI=1S/C20H15ClN4O/c21-16-9-5-4-8-14(16)15-10-11-22-18-17(15)19(26)25-20(24-18)23-12-13-6-2-1-3-7-13/h1-11H,12H2,(H2,22,23,24,25,26). The average Bonchev–Trinajstić information content (AvgIpc) is 2.67. The summed E-state index contributed by atoms with van der Waals surface area (Å²) >= 11 is 6.29. The molecule has 2 N–H and O–H groups in total. The fourth-order valence-electron chi connectivity index (χ4n) is 2.83. The third-order valence-corrected chi connectivity index (χ3v) is 4.40. The maximum Gasteiger partial charge on any atom is 0.262 e. The van der Waals surface area contributed by atoms with Crippen LogP contribution in [0.1, 0.15) is 5.56 Å². The molecule has 6 heteroatoms. The van der Waals surface area contributed by atoms with Gasteiger partial charge >= 0.3 is 0 Å². The predicted octanol–water partition coefficient (Wildman–Crippen LogP) is 4.25. The van der Waals surface area contributed by atoms with Crippen LogP contribution >= 0.6 is 11.6 Å². The molecule has 26 heavy (non-hydrogen) atoms. The van der Waals surface area contributed by atoms with Crippen LogP contribution in [-0.4, -0.2) is 15.0 Å². The predicted molar refractivity (Wildman–Crippen MR) is 104 cm³/mol. The number of nitrogens with zero attached hydrogens (tertiary/aromatic N) is 2. The summed E-state index contributed by atoms with van der Waals surface area (Å²) in [5, 5.41) is 4.13. The van der Waals surface area contributed by atoms with Gasteiger partial charge in [0, 0.05) is 28.9 Å². The number of fused-ring (bicyclic) bond motifs is 1. The SMILES string of the molecule is O=c1[nH]c(NCc2ccccc2)nc2nccc(-c3ccccc3Cl)c12. The van der Waals surface area contributed by atoms with Crippen molar-refractivity contribution in [2.24, 2.45) is 0 Å². The molecule has 5 nitrogen and oxygen atoms in total. The van der Waals surface area contributed by atoms with E-state index < -0.39 is 0 Å². The molecule has 0 fully saturated rings. The summed E-state index contributed by atoms with van der Waals surface area (Å²) in [7, 11) is 0. The van der Waals surface area contributed by atoms with Crippen molar-refractivity contribution >= 4 is 28.6 Å². The van der Waals surface area contributed by atoms with Crippen LogP contribution in [0.5, 0.6) is 0 Å². The van der Waals surface area contributed by atoms with Gasteiger partial charge in [0.25, 0.3) is 5.56 Å². The smallest absolute Gasteiger partial charge is 0.262 e. The molecular formula is C20H15ClN4O. The lowest BCUT2D eigenvalue weighted by Gasteiger charge is -2.09. The minimum atomic E-state index is -0.256. The fourth-order valence-corrected chi connectivity index (χ4v) is 3.07. The average molecular weight is 363 g/mol. The molecule has 0 unspecified atom stereocenters. The number of H-pyrrole nitrogens is 1. The van der Waals surface area contributed by atoms with Crippen molar-refractivity contribution in [3.63, 3.8) is 0 Å². The van der Waals surface area contributed by atoms with E-state index in [0.29, 0.717) is 34.1 Å². The monoisotopic (exact) mass is 362 g/mol. The van der Waals surface area contributed by atoms with Crippen molar-refractivity contribution < 1.29 is 0 Å². The lowest BCUT2D eigenvalue weighted by Crippen LogP contribution is -2.14. The molecule has 0 atom stereocenters. The second-order valence-corrected chi connectivity index (χ2v) is 6.20. The zero-order valence-corrected chi connectivity index (χ0v) is 14.5. The molecule has 0 saturated heterocycles. The lowest BCUT2D eigenvalue weighted by molar-refractivity contribution is 1.05. The Morgan fingerprint density at radius 3 is 2.54 bits per heavy atom. The van der Waals surface area contributed by atoms with E-state index in [-0.39, 0.29) is 5.56 Å². The van der Waals surface area contributed by atoms with E-state index in [1.807, 2.05) is 48.5 Å². The molecule has 0 aliphatic carbocycles. The van der Waals surface area contributed by atoms with Gasteiger partial charge in [0.05, 0.1) is 5.39 Å². The van der Waals surface area contributed by atoms with E-state index in [1.165, 1.54) is 0 Å². The number of pyridine rings is 1. The number of nitrogens with one attached hydrogen (secondary N) is 2. The van der Waals surface area contributed by atoms with Gasteiger partial charge in [0.15, 0.2) is 5.65 Å². The zero-order valence-electron chi connectivity index (χ0n) is 13.7. The van der Waals surface area contributed by atoms with Crippen molar-refractivity contribution in [3.8, 4) is 11.1 Å². The molecule has 0 saturated carbocycles. The summed E-state index contributed by atoms with van der Waals surface area (Å²) in [5.41, 5.74) is 2.70. The fraction of sp³-hybridized carbons (Fsp3) is 0.0500. The number of aromatic nitrogens is 3. The molecular weight excluding hydrogens is 348 g/mol. The van der Waals surface area contributed by atoms with E-state index >= 15 is 0 Å². The zero-order chi connectivity index (χ0) is 17.9. The second-order valence-electron chi connectivity index (χ2n) is 5.79. The van der Waals surface area contributed by atoms with Gasteiger partial charge in [-0.05, 0) is 17.7 Å². The Balaban J connectivity index is 1.75. The molecule has 2 aromatic carbocycles. The van der Waals surface area contributed by atoms with Crippen LogP contribution in [0.4, 0.5) is 5.95 Å². The largest absolute Gasteiger partial charge is 0.352 e. The van der Waals surface area contributed by atoms with Gasteiger partial charge in [0.2, 0.25) is 5.95 Å². The summed E-state index contributed by atoms with van der Waals surface area (Å²) < 4.78 is 0. The van der Waals surface area contributed by atoms with E-state index in [4.69, 9.17) is 11.6 Å². The Hall–Kier alpha value is -3.18. The van der Waals surface area contributed by atoms with Crippen molar-refractivity contribution in [2.45, 2.75) is 6.54 Å². The van der Waals surface area contributed by atoms with Crippen LogP contribution in [0.3, 0.4) is 0 Å². The van der Waals surface area contributed by atoms with Gasteiger partial charge in [-0.25, -0.2) is 4.98 Å². The van der Waals surface area contributed by atoms with Crippen LogP contribution in [0.25, 0.3) is 22.2 Å². The molecule has 2 heterocycles. The van der Waals surface area contributed by atoms with E-state index in [2.05, 4.69) is 20.3 Å². The number of rotatable bonds is 4. The summed E-state index contributed by atoms with van der Waals surface area (Å²) in [6, 6.07) is 19.1. The first-order chi connectivity index (χ1) is 12.7. The number of hydrogen-bond acceptors (Lipinski definition) is 4. The molecule has 0 aliphatic heterocycles. The molecule has 0 aliphatic rings. The highest BCUT2D eigenvalue weighted by Gasteiger charge is 2.13. The third kappa shape index (κ3) is 3.17. The summed E-state index contributed by atoms with van der Waals surface area (Å²) in [6.45, 7) is 0.555. The molecule has 128 valence electrons. The molecule has 2 aromatic heterocycles. The number of halogens is 1. The quantitative estimate of drug-likeness (QED) is 0.569. The van der Waals surface area contributed by atoms with Crippen LogP contribution < -0.4 is 10.9 Å². The normalized spacial score (nSPS) is 10.8. The van der Waals surface area contributed by atoms with Crippen LogP contribution in [0.15, 0.2) is 71.7 Å². The summed E-state index contributed by atoms with van der Waals surface area (Å²) in [6.07, 6.45) is 1.63. The Bertz CT molecular complexity index is 1130. The Labute approximate surface area is 154 Å². The van der Waals surface area contributed by atoms with E-state index in [9.17, 15) is 4.79 Å². The third-order valence-electron chi connectivity index (χ3n) is 4.07. The highest BCUT2D eigenvalue weighted by Crippen LogP contribution is 2.30. The number of anilines is 1. The number of hydrogen-bond donors (Lipinski definition) is 2. The maximum absolute atomic E-state index is 12.7. The lowest BCUT2D eigenvalue weighted by atomic mass is 10.0. The van der Waals surface area contributed by atoms with Crippen LogP contribution in [0, 0.1) is 0 Å².